The predicted octanol–water partition coefficient (Wildman–Crippen LogP) is -11.0. The van der Waals surface area contributed by atoms with Crippen molar-refractivity contribution in [2.45, 2.75) is 47.2 Å². The molecule has 0 spiro atoms. The number of nitrogens with two attached hydrogens (primary N) is 1. The van der Waals surface area contributed by atoms with Gasteiger partial charge in [-0.2, -0.15) is 33.1 Å². The molecule has 0 saturated carbocycles. The van der Waals surface area contributed by atoms with Crippen LogP contribution in [0.25, 0.3) is 0 Å². The predicted molar refractivity (Wildman–Crippen MR) is 122 cm³/mol. The normalized spacial score (nSPS) is 11.5. The Morgan fingerprint density at radius 3 is 1.77 bits per heavy atom. The van der Waals surface area contributed by atoms with E-state index in [1.807, 2.05) is 12.5 Å². The minimum Gasteiger partial charge on any atom is -1.00 e. The van der Waals surface area contributed by atoms with Crippen LogP contribution in [0.3, 0.4) is 0 Å². The second-order valence-corrected chi connectivity index (χ2v) is 6.25. The molecule has 3 amide bonds. The summed E-state index contributed by atoms with van der Waals surface area (Å²) in [6.45, 7) is -0.181. The maximum atomic E-state index is 10.9. The Balaban J connectivity index is -0.0000000214. The smallest absolute Gasteiger partial charge is 1.00 e. The number of carbonyl (C=O) groups excluding carboxylic acids is 6. The van der Waals surface area contributed by atoms with Gasteiger partial charge in [-0.15, -0.1) is 0 Å². The van der Waals surface area contributed by atoms with E-state index >= 15 is 0 Å². The summed E-state index contributed by atoms with van der Waals surface area (Å²) in [5, 5.41) is 23.1. The van der Waals surface area contributed by atoms with Gasteiger partial charge < -0.3 is 44.1 Å². The largest absolute Gasteiger partial charge is 1.00 e. The summed E-state index contributed by atoms with van der Waals surface area (Å²) in [6, 6.07) is -1.48. The van der Waals surface area contributed by atoms with Gasteiger partial charge in [0.2, 0.25) is 0 Å². The van der Waals surface area contributed by atoms with Crippen LogP contribution in [0, 0.1) is 0 Å². The van der Waals surface area contributed by atoms with E-state index < -0.39 is 12.0 Å². The van der Waals surface area contributed by atoms with Crippen LogP contribution in [0.5, 0.6) is 0 Å². The topological polar surface area (TPSA) is 274 Å². The van der Waals surface area contributed by atoms with Gasteiger partial charge in [0, 0.05) is 6.04 Å². The number of nitrogens with one attached hydrogen (secondary N) is 2. The van der Waals surface area contributed by atoms with Crippen molar-refractivity contribution in [3.05, 3.63) is 0 Å². The summed E-state index contributed by atoms with van der Waals surface area (Å²) >= 11 is 3.24. The SMILES string of the molecule is C.C.C.CSCCC(N)C(=O)[O-].CSCCC1NC(=O)NC1=O.N.O.O=C=O.O=CO[O-].[H-].[K+].[K+].[K+]. The molecular formula is C16H39K3N4O10S2. The monoisotopic (exact) mass is 628 g/mol. The van der Waals surface area contributed by atoms with Crippen LogP contribution in [-0.2, 0) is 28.9 Å². The molecule has 19 heteroatoms. The zero-order valence-electron chi connectivity index (χ0n) is 19.8. The third kappa shape index (κ3) is 57.6. The van der Waals surface area contributed by atoms with Crippen molar-refractivity contribution in [1.82, 2.24) is 16.8 Å². The van der Waals surface area contributed by atoms with Crippen molar-refractivity contribution in [3.8, 4) is 0 Å². The third-order valence-electron chi connectivity index (χ3n) is 2.44. The molecule has 198 valence electrons. The molecule has 2 unspecified atom stereocenters. The Bertz CT molecular complexity index is 503. The molecule has 0 aromatic rings. The number of rotatable bonds is 8. The number of carboxylic acid groups (broad SMARTS) is 1. The molecule has 0 aliphatic carbocycles. The minimum atomic E-state index is -1.16. The molecule has 0 bridgehead atoms. The number of hydrogen-bond donors (Lipinski definition) is 4. The van der Waals surface area contributed by atoms with Gasteiger partial charge in [-0.05, 0) is 36.9 Å². The summed E-state index contributed by atoms with van der Waals surface area (Å²) in [4.78, 5) is 58.9. The molecule has 1 rings (SSSR count). The van der Waals surface area contributed by atoms with Crippen molar-refractivity contribution in [1.29, 1.82) is 0 Å². The molecule has 1 heterocycles. The van der Waals surface area contributed by atoms with Crippen LogP contribution in [0.15, 0.2) is 0 Å². The van der Waals surface area contributed by atoms with Crippen LogP contribution in [0.4, 0.5) is 4.79 Å². The van der Waals surface area contributed by atoms with Gasteiger partial charge in [0.15, 0.2) is 0 Å². The number of carbonyl (C=O) groups is 4. The summed E-state index contributed by atoms with van der Waals surface area (Å²) < 4.78 is 0. The van der Waals surface area contributed by atoms with Crippen LogP contribution in [0.1, 0.15) is 36.5 Å². The summed E-state index contributed by atoms with van der Waals surface area (Å²) in [7, 11) is 0. The number of imide groups is 1. The zero-order chi connectivity index (χ0) is 21.7. The van der Waals surface area contributed by atoms with E-state index in [1.54, 1.807) is 23.5 Å². The fourth-order valence-electron chi connectivity index (χ4n) is 1.26. The molecule has 0 radical (unpaired) electrons. The molecular weight excluding hydrogens is 590 g/mol. The molecule has 35 heavy (non-hydrogen) atoms. The number of aliphatic carboxylic acids is 1. The molecule has 1 aliphatic rings. The molecule has 2 atom stereocenters. The maximum absolute atomic E-state index is 10.9. The average molecular weight is 629 g/mol. The Hall–Kier alpha value is 2.71. The number of amides is 3. The standard InChI is InChI=1S/C6H10N2O2S.C5H11NO2S.CH2O3.CO2.3CH4.3K.H3N.H2O.H/c1-11-3-2-4-5(9)8-6(10)7-4;1-9-3-2-4(6)5(7)8;2-1-4-3;2-1-3;;;;;;;;;/h4H,2-3H2,1H3,(H2,7,8,9,10);4H,2-3,6H2,1H3,(H,7,8);1,3H;;3*1H4;;;;1H3;1H2;/q;;;;;;;3*+1;;;-1/p-2. The Labute approximate surface area is 345 Å². The summed E-state index contributed by atoms with van der Waals surface area (Å²) in [5.41, 5.74) is 5.13. The molecule has 1 fully saturated rings. The van der Waals surface area contributed by atoms with Crippen LogP contribution < -0.4 is 187 Å². The Morgan fingerprint density at radius 1 is 1.17 bits per heavy atom. The van der Waals surface area contributed by atoms with E-state index in [4.69, 9.17) is 25.4 Å². The van der Waals surface area contributed by atoms with Crippen LogP contribution in [0.2, 0.25) is 0 Å². The van der Waals surface area contributed by atoms with Crippen LogP contribution in [-0.4, -0.2) is 72.1 Å². The minimum absolute atomic E-state index is 0. The average Bonchev–Trinajstić information content (AvgIpc) is 2.96. The number of thioether (sulfide) groups is 2. The molecule has 14 nitrogen and oxygen atoms in total. The summed E-state index contributed by atoms with van der Waals surface area (Å²) in [5.74, 6) is 0.293. The summed E-state index contributed by atoms with van der Waals surface area (Å²) in [6.07, 6.45) is 5.32. The second kappa shape index (κ2) is 56.8. The fraction of sp³-hybridized carbons (Fsp3) is 0.688. The van der Waals surface area contributed by atoms with E-state index in [-0.39, 0.29) is 220 Å². The van der Waals surface area contributed by atoms with Crippen molar-refractivity contribution in [2.24, 2.45) is 5.73 Å². The Morgan fingerprint density at radius 2 is 1.54 bits per heavy atom. The van der Waals surface area contributed by atoms with E-state index in [9.17, 15) is 19.5 Å². The second-order valence-electron chi connectivity index (χ2n) is 4.28. The zero-order valence-corrected chi connectivity index (χ0v) is 29.8. The van der Waals surface area contributed by atoms with Crippen LogP contribution >= 0.6 is 23.5 Å². The van der Waals surface area contributed by atoms with Gasteiger partial charge in [0.05, 0.1) is 5.97 Å². The fourth-order valence-corrected chi connectivity index (χ4v) is 2.22. The van der Waals surface area contributed by atoms with Gasteiger partial charge in [-0.1, -0.05) is 22.3 Å². The van der Waals surface area contributed by atoms with Crippen molar-refractivity contribution < 1.29 is 205 Å². The first-order valence-electron chi connectivity index (χ1n) is 7.02. The first-order chi connectivity index (χ1) is 12.7. The van der Waals surface area contributed by atoms with Gasteiger partial charge in [-0.3, -0.25) is 14.9 Å². The van der Waals surface area contributed by atoms with Gasteiger partial charge in [0.25, 0.3) is 12.4 Å². The third-order valence-corrected chi connectivity index (χ3v) is 3.73. The number of hydrogen-bond acceptors (Lipinski definition) is 13. The first kappa shape index (κ1) is 71.2. The van der Waals surface area contributed by atoms with Crippen molar-refractivity contribution in [3.63, 3.8) is 0 Å². The number of carboxylic acids is 1. The molecule has 0 aromatic carbocycles. The number of urea groups is 1. The van der Waals surface area contributed by atoms with E-state index in [0.29, 0.717) is 12.8 Å². The van der Waals surface area contributed by atoms with Crippen molar-refractivity contribution >= 4 is 54.1 Å². The van der Waals surface area contributed by atoms with E-state index in [0.717, 1.165) is 11.5 Å². The molecule has 9 N–H and O–H groups in total. The quantitative estimate of drug-likeness (QED) is 0.0639. The first-order valence-corrected chi connectivity index (χ1v) is 9.81. The molecule has 0 aromatic heterocycles. The van der Waals surface area contributed by atoms with E-state index in [1.165, 1.54) is 0 Å². The van der Waals surface area contributed by atoms with Gasteiger partial charge in [0.1, 0.15) is 6.04 Å². The maximum Gasteiger partial charge on any atom is 1.00 e. The molecule has 1 saturated heterocycles. The van der Waals surface area contributed by atoms with E-state index in [2.05, 4.69) is 15.5 Å². The van der Waals surface area contributed by atoms with Crippen molar-refractivity contribution in [2.75, 3.05) is 24.0 Å². The Kier molecular flexibility index (Phi) is 116. The molecule has 1 aliphatic heterocycles. The van der Waals surface area contributed by atoms with Gasteiger partial charge in [-0.25, -0.2) is 4.79 Å². The van der Waals surface area contributed by atoms with Gasteiger partial charge >= 0.3 is 166 Å².